The average molecular weight is 400 g/mol. The van der Waals surface area contributed by atoms with Crippen molar-refractivity contribution in [2.24, 2.45) is 5.92 Å². The maximum atomic E-state index is 11.7. The van der Waals surface area contributed by atoms with Crippen LogP contribution in [0.25, 0.3) is 0 Å². The molecule has 0 bridgehead atoms. The Bertz CT molecular complexity index is 372. The van der Waals surface area contributed by atoms with E-state index < -0.39 is 6.16 Å². The zero-order valence-electron chi connectivity index (χ0n) is 18.7. The van der Waals surface area contributed by atoms with Gasteiger partial charge in [-0.15, -0.1) is 0 Å². The lowest BCUT2D eigenvalue weighted by Gasteiger charge is -2.08. The predicted molar refractivity (Wildman–Crippen MR) is 115 cm³/mol. The Morgan fingerprint density at radius 2 is 1.25 bits per heavy atom. The molecule has 0 fully saturated rings. The molecule has 0 rings (SSSR count). The van der Waals surface area contributed by atoms with Gasteiger partial charge in [0, 0.05) is 6.42 Å². The van der Waals surface area contributed by atoms with Crippen LogP contribution in [0.5, 0.6) is 0 Å². The average Bonchev–Trinajstić information content (AvgIpc) is 2.67. The summed E-state index contributed by atoms with van der Waals surface area (Å²) in [7, 11) is 0. The van der Waals surface area contributed by atoms with Crippen molar-refractivity contribution in [2.75, 3.05) is 19.8 Å². The number of hydrogen-bond acceptors (Lipinski definition) is 4. The van der Waals surface area contributed by atoms with Crippen LogP contribution in [-0.2, 0) is 14.3 Å². The van der Waals surface area contributed by atoms with Crippen LogP contribution in [-0.4, -0.2) is 31.8 Å². The van der Waals surface area contributed by atoms with E-state index >= 15 is 0 Å². The van der Waals surface area contributed by atoms with E-state index in [4.69, 9.17) is 9.47 Å². The highest BCUT2D eigenvalue weighted by Gasteiger charge is 2.06. The maximum absolute atomic E-state index is 11.7. The molecule has 1 N–H and O–H groups in total. The van der Waals surface area contributed by atoms with Crippen molar-refractivity contribution in [1.82, 2.24) is 5.32 Å². The van der Waals surface area contributed by atoms with E-state index in [1.807, 2.05) is 13.8 Å². The first-order valence-electron chi connectivity index (χ1n) is 11.6. The fourth-order valence-corrected chi connectivity index (χ4v) is 2.99. The molecule has 0 aliphatic heterocycles. The van der Waals surface area contributed by atoms with Crippen LogP contribution in [0.1, 0.15) is 111 Å². The Hall–Kier alpha value is -1.26. The third kappa shape index (κ3) is 21.0. The summed E-state index contributed by atoms with van der Waals surface area (Å²) in [6, 6.07) is 0. The zero-order valence-corrected chi connectivity index (χ0v) is 18.7. The number of carbonyl (C=O) groups excluding carboxylic acids is 2. The monoisotopic (exact) mass is 399 g/mol. The lowest BCUT2D eigenvalue weighted by Crippen LogP contribution is -2.28. The van der Waals surface area contributed by atoms with E-state index in [0.29, 0.717) is 19.6 Å². The predicted octanol–water partition coefficient (Wildman–Crippen LogP) is 6.39. The largest absolute Gasteiger partial charge is 0.508 e. The Labute approximate surface area is 173 Å². The Morgan fingerprint density at radius 3 is 1.75 bits per heavy atom. The fourth-order valence-electron chi connectivity index (χ4n) is 2.99. The molecule has 0 saturated carbocycles. The van der Waals surface area contributed by atoms with Gasteiger partial charge in [0.05, 0.1) is 13.2 Å². The van der Waals surface area contributed by atoms with Crippen molar-refractivity contribution >= 4 is 12.1 Å². The molecule has 0 atom stereocenters. The summed E-state index contributed by atoms with van der Waals surface area (Å²) in [5.41, 5.74) is 0. The van der Waals surface area contributed by atoms with Gasteiger partial charge in [0.25, 0.3) is 0 Å². The molecule has 0 aromatic heterocycles. The lowest BCUT2D eigenvalue weighted by molar-refractivity contribution is -0.121. The highest BCUT2D eigenvalue weighted by Crippen LogP contribution is 2.12. The van der Waals surface area contributed by atoms with Gasteiger partial charge in [-0.3, -0.25) is 4.79 Å². The number of ether oxygens (including phenoxy) is 2. The van der Waals surface area contributed by atoms with E-state index in [0.717, 1.165) is 12.8 Å². The fraction of sp³-hybridized carbons (Fsp3) is 0.913. The van der Waals surface area contributed by atoms with Crippen LogP contribution < -0.4 is 5.32 Å². The molecule has 0 aromatic carbocycles. The second-order valence-electron chi connectivity index (χ2n) is 8.15. The first-order chi connectivity index (χ1) is 13.6. The van der Waals surface area contributed by atoms with Crippen molar-refractivity contribution < 1.29 is 19.1 Å². The summed E-state index contributed by atoms with van der Waals surface area (Å²) >= 11 is 0. The number of amides is 1. The molecular weight excluding hydrogens is 354 g/mol. The van der Waals surface area contributed by atoms with E-state index in [9.17, 15) is 9.59 Å². The van der Waals surface area contributed by atoms with Crippen LogP contribution in [0.2, 0.25) is 0 Å². The highest BCUT2D eigenvalue weighted by molar-refractivity contribution is 5.75. The molecule has 0 heterocycles. The zero-order chi connectivity index (χ0) is 20.9. The number of hydrogen-bond donors (Lipinski definition) is 1. The summed E-state index contributed by atoms with van der Waals surface area (Å²) in [6.45, 7) is 7.03. The molecule has 166 valence electrons. The van der Waals surface area contributed by atoms with Gasteiger partial charge in [0.2, 0.25) is 5.91 Å². The van der Waals surface area contributed by atoms with E-state index in [2.05, 4.69) is 12.2 Å². The molecule has 0 saturated heterocycles. The summed E-state index contributed by atoms with van der Waals surface area (Å²) in [6.07, 6.45) is 16.8. The number of rotatable bonds is 19. The number of nitrogens with one attached hydrogen (secondary N) is 1. The topological polar surface area (TPSA) is 64.6 Å². The minimum Gasteiger partial charge on any atom is -0.434 e. The summed E-state index contributed by atoms with van der Waals surface area (Å²) < 4.78 is 9.78. The van der Waals surface area contributed by atoms with Crippen molar-refractivity contribution in [3.8, 4) is 0 Å². The van der Waals surface area contributed by atoms with Crippen molar-refractivity contribution in [1.29, 1.82) is 0 Å². The van der Waals surface area contributed by atoms with Crippen LogP contribution >= 0.6 is 0 Å². The van der Waals surface area contributed by atoms with Gasteiger partial charge < -0.3 is 14.8 Å². The third-order valence-corrected chi connectivity index (χ3v) is 4.69. The molecule has 0 aliphatic rings. The Kier molecular flexibility index (Phi) is 19.6. The van der Waals surface area contributed by atoms with Gasteiger partial charge in [-0.05, 0) is 12.3 Å². The molecule has 0 spiro atoms. The van der Waals surface area contributed by atoms with Crippen molar-refractivity contribution in [3.05, 3.63) is 0 Å². The summed E-state index contributed by atoms with van der Waals surface area (Å²) in [5, 5.41) is 2.77. The number of carbonyl (C=O) groups is 2. The van der Waals surface area contributed by atoms with Crippen LogP contribution in [0.4, 0.5) is 4.79 Å². The molecule has 0 unspecified atom stereocenters. The first-order valence-corrected chi connectivity index (χ1v) is 11.6. The number of unbranched alkanes of at least 4 members (excludes halogenated alkanes) is 12. The van der Waals surface area contributed by atoms with Crippen molar-refractivity contribution in [3.63, 3.8) is 0 Å². The smallest absolute Gasteiger partial charge is 0.434 e. The van der Waals surface area contributed by atoms with Crippen LogP contribution in [0, 0.1) is 5.92 Å². The van der Waals surface area contributed by atoms with E-state index in [-0.39, 0.29) is 18.4 Å². The van der Waals surface area contributed by atoms with Gasteiger partial charge in [0.1, 0.15) is 6.61 Å². The summed E-state index contributed by atoms with van der Waals surface area (Å²) in [5.74, 6) is 0.315. The third-order valence-electron chi connectivity index (χ3n) is 4.69. The Morgan fingerprint density at radius 1 is 0.750 bits per heavy atom. The molecule has 0 radical (unpaired) electrons. The molecule has 1 amide bonds. The minimum atomic E-state index is -0.667. The second kappa shape index (κ2) is 20.5. The quantitative estimate of drug-likeness (QED) is 0.202. The van der Waals surface area contributed by atoms with Gasteiger partial charge in [-0.2, -0.15) is 0 Å². The van der Waals surface area contributed by atoms with Gasteiger partial charge in [-0.1, -0.05) is 97.8 Å². The van der Waals surface area contributed by atoms with Gasteiger partial charge in [0.15, 0.2) is 0 Å². The molecule has 0 aromatic rings. The molecular formula is C23H45NO4. The van der Waals surface area contributed by atoms with Crippen molar-refractivity contribution in [2.45, 2.75) is 111 Å². The SMILES string of the molecule is CCCCCCCCCCCCCCCC(=O)NCCOC(=O)OCC(C)C. The minimum absolute atomic E-state index is 0.0298. The molecule has 0 aliphatic carbocycles. The molecule has 28 heavy (non-hydrogen) atoms. The van der Waals surface area contributed by atoms with Gasteiger partial charge >= 0.3 is 6.16 Å². The summed E-state index contributed by atoms with van der Waals surface area (Å²) in [4.78, 5) is 23.0. The normalized spacial score (nSPS) is 10.9. The molecule has 5 nitrogen and oxygen atoms in total. The Balaban J connectivity index is 3.26. The van der Waals surface area contributed by atoms with Crippen LogP contribution in [0.15, 0.2) is 0 Å². The van der Waals surface area contributed by atoms with Crippen LogP contribution in [0.3, 0.4) is 0 Å². The van der Waals surface area contributed by atoms with E-state index in [1.165, 1.54) is 70.6 Å². The lowest BCUT2D eigenvalue weighted by atomic mass is 10.0. The first kappa shape index (κ1) is 26.7. The van der Waals surface area contributed by atoms with Gasteiger partial charge in [-0.25, -0.2) is 4.79 Å². The maximum Gasteiger partial charge on any atom is 0.508 e. The van der Waals surface area contributed by atoms with E-state index in [1.54, 1.807) is 0 Å². The second-order valence-corrected chi connectivity index (χ2v) is 8.15. The molecule has 5 heteroatoms. The standard InChI is InChI=1S/C23H45NO4/c1-4-5-6-7-8-9-10-11-12-13-14-15-16-17-22(25)24-18-19-27-23(26)28-20-21(2)3/h21H,4-20H2,1-3H3,(H,24,25). The highest BCUT2D eigenvalue weighted by atomic mass is 16.7.